The lowest BCUT2D eigenvalue weighted by Crippen LogP contribution is -2.13. The Morgan fingerprint density at radius 1 is 1.29 bits per heavy atom. The van der Waals surface area contributed by atoms with E-state index in [-0.39, 0.29) is 16.3 Å². The Labute approximate surface area is 130 Å². The Hall–Kier alpha value is -2.05. The minimum Gasteiger partial charge on any atom is -0.322 e. The molecule has 0 saturated heterocycles. The number of nitrogens with one attached hydrogen (secondary N) is 1. The predicted molar refractivity (Wildman–Crippen MR) is 84.3 cm³/mol. The Kier molecular flexibility index (Phi) is 4.82. The monoisotopic (exact) mass is 322 g/mol. The van der Waals surface area contributed by atoms with E-state index in [4.69, 9.17) is 11.6 Å². The van der Waals surface area contributed by atoms with Crippen LogP contribution >= 0.6 is 23.4 Å². The molecule has 0 aliphatic heterocycles. The lowest BCUT2D eigenvalue weighted by Gasteiger charge is -2.07. The maximum absolute atomic E-state index is 12.2. The van der Waals surface area contributed by atoms with Gasteiger partial charge in [0.15, 0.2) is 0 Å². The van der Waals surface area contributed by atoms with Gasteiger partial charge in [0.05, 0.1) is 4.92 Å². The zero-order valence-corrected chi connectivity index (χ0v) is 12.6. The van der Waals surface area contributed by atoms with Crippen LogP contribution in [0, 0.1) is 10.1 Å². The Morgan fingerprint density at radius 2 is 2.05 bits per heavy atom. The molecule has 0 aromatic heterocycles. The van der Waals surface area contributed by atoms with Crippen LogP contribution in [0.5, 0.6) is 0 Å². The summed E-state index contributed by atoms with van der Waals surface area (Å²) in [5.74, 6) is -0.545. The van der Waals surface area contributed by atoms with Crippen LogP contribution in [-0.2, 0) is 0 Å². The normalized spacial score (nSPS) is 10.2. The van der Waals surface area contributed by atoms with Crippen molar-refractivity contribution < 1.29 is 9.72 Å². The van der Waals surface area contributed by atoms with Crippen molar-refractivity contribution >= 4 is 40.6 Å². The number of rotatable bonds is 4. The van der Waals surface area contributed by atoms with Gasteiger partial charge in [-0.1, -0.05) is 17.7 Å². The summed E-state index contributed by atoms with van der Waals surface area (Å²) in [6.07, 6.45) is 1.92. The Bertz CT molecular complexity index is 706. The highest BCUT2D eigenvalue weighted by Gasteiger charge is 2.20. The molecule has 0 saturated carbocycles. The van der Waals surface area contributed by atoms with Gasteiger partial charge < -0.3 is 5.32 Å². The molecule has 0 bridgehead atoms. The number of nitro groups is 1. The van der Waals surface area contributed by atoms with Crippen LogP contribution in [-0.4, -0.2) is 17.1 Å². The number of thioether (sulfide) groups is 1. The van der Waals surface area contributed by atoms with Crippen LogP contribution in [0.4, 0.5) is 11.4 Å². The molecule has 7 heteroatoms. The SMILES string of the molecule is CSc1cccc(NC(=O)c2ccc(Cl)cc2[N+](=O)[O-])c1. The van der Waals surface area contributed by atoms with E-state index < -0.39 is 10.8 Å². The number of nitrogens with zero attached hydrogens (tertiary/aromatic N) is 1. The fourth-order valence-electron chi connectivity index (χ4n) is 1.75. The molecule has 2 rings (SSSR count). The smallest absolute Gasteiger partial charge is 0.283 e. The summed E-state index contributed by atoms with van der Waals surface area (Å²) in [6.45, 7) is 0. The second kappa shape index (κ2) is 6.60. The first-order chi connectivity index (χ1) is 10.0. The maximum atomic E-state index is 12.2. The molecule has 1 amide bonds. The number of amides is 1. The minimum absolute atomic E-state index is 0.0287. The second-order valence-corrected chi connectivity index (χ2v) is 5.42. The van der Waals surface area contributed by atoms with E-state index in [1.165, 1.54) is 23.9 Å². The van der Waals surface area contributed by atoms with Gasteiger partial charge in [0.25, 0.3) is 11.6 Å². The molecule has 0 aliphatic carbocycles. The van der Waals surface area contributed by atoms with Crippen molar-refractivity contribution in [3.63, 3.8) is 0 Å². The minimum atomic E-state index is -0.626. The van der Waals surface area contributed by atoms with Gasteiger partial charge in [0.1, 0.15) is 5.56 Å². The van der Waals surface area contributed by atoms with E-state index in [1.54, 1.807) is 18.2 Å². The highest BCUT2D eigenvalue weighted by Crippen LogP contribution is 2.25. The zero-order chi connectivity index (χ0) is 15.4. The first-order valence-electron chi connectivity index (χ1n) is 5.90. The third kappa shape index (κ3) is 3.74. The van der Waals surface area contributed by atoms with Gasteiger partial charge in [-0.15, -0.1) is 11.8 Å². The average molecular weight is 323 g/mol. The molecule has 0 radical (unpaired) electrons. The molecule has 0 unspecified atom stereocenters. The first-order valence-corrected chi connectivity index (χ1v) is 7.51. The second-order valence-electron chi connectivity index (χ2n) is 4.10. The number of anilines is 1. The molecule has 0 atom stereocenters. The maximum Gasteiger partial charge on any atom is 0.283 e. The summed E-state index contributed by atoms with van der Waals surface area (Å²) in [5, 5.41) is 13.9. The molecule has 0 spiro atoms. The summed E-state index contributed by atoms with van der Waals surface area (Å²) >= 11 is 7.27. The summed E-state index contributed by atoms with van der Waals surface area (Å²) < 4.78 is 0. The number of nitro benzene ring substituents is 1. The third-order valence-electron chi connectivity index (χ3n) is 2.73. The van der Waals surface area contributed by atoms with Crippen molar-refractivity contribution in [3.8, 4) is 0 Å². The van der Waals surface area contributed by atoms with E-state index in [0.29, 0.717) is 5.69 Å². The molecular formula is C14H11ClN2O3S. The van der Waals surface area contributed by atoms with Crippen LogP contribution in [0.15, 0.2) is 47.4 Å². The quantitative estimate of drug-likeness (QED) is 0.519. The fourth-order valence-corrected chi connectivity index (χ4v) is 2.37. The van der Waals surface area contributed by atoms with Gasteiger partial charge in [0.2, 0.25) is 0 Å². The van der Waals surface area contributed by atoms with E-state index in [9.17, 15) is 14.9 Å². The van der Waals surface area contributed by atoms with Crippen LogP contribution in [0.1, 0.15) is 10.4 Å². The van der Waals surface area contributed by atoms with Crippen LogP contribution in [0.25, 0.3) is 0 Å². The largest absolute Gasteiger partial charge is 0.322 e. The fraction of sp³-hybridized carbons (Fsp3) is 0.0714. The van der Waals surface area contributed by atoms with Crippen molar-refractivity contribution in [3.05, 3.63) is 63.2 Å². The van der Waals surface area contributed by atoms with Crippen LogP contribution in [0.3, 0.4) is 0 Å². The highest BCUT2D eigenvalue weighted by atomic mass is 35.5. The third-order valence-corrected chi connectivity index (χ3v) is 3.69. The summed E-state index contributed by atoms with van der Waals surface area (Å²) in [5.41, 5.74) is 0.232. The lowest BCUT2D eigenvalue weighted by molar-refractivity contribution is -0.385. The Balaban J connectivity index is 2.30. The van der Waals surface area contributed by atoms with Crippen molar-refractivity contribution in [2.24, 2.45) is 0 Å². The topological polar surface area (TPSA) is 72.2 Å². The van der Waals surface area contributed by atoms with Gasteiger partial charge in [-0.05, 0) is 36.6 Å². The Morgan fingerprint density at radius 3 is 2.71 bits per heavy atom. The highest BCUT2D eigenvalue weighted by molar-refractivity contribution is 7.98. The molecule has 0 heterocycles. The zero-order valence-electron chi connectivity index (χ0n) is 11.0. The van der Waals surface area contributed by atoms with Crippen molar-refractivity contribution in [1.29, 1.82) is 0 Å². The van der Waals surface area contributed by atoms with Gasteiger partial charge in [-0.25, -0.2) is 0 Å². The van der Waals surface area contributed by atoms with Gasteiger partial charge in [0, 0.05) is 21.7 Å². The lowest BCUT2D eigenvalue weighted by atomic mass is 10.1. The van der Waals surface area contributed by atoms with Gasteiger partial charge >= 0.3 is 0 Å². The van der Waals surface area contributed by atoms with Crippen molar-refractivity contribution in [2.75, 3.05) is 11.6 Å². The van der Waals surface area contributed by atoms with Crippen LogP contribution in [0.2, 0.25) is 5.02 Å². The van der Waals surface area contributed by atoms with E-state index in [2.05, 4.69) is 5.32 Å². The van der Waals surface area contributed by atoms with E-state index in [0.717, 1.165) is 11.0 Å². The van der Waals surface area contributed by atoms with E-state index in [1.807, 2.05) is 12.3 Å². The molecule has 1 N–H and O–H groups in total. The van der Waals surface area contributed by atoms with E-state index >= 15 is 0 Å². The first kappa shape index (κ1) is 15.3. The van der Waals surface area contributed by atoms with Gasteiger partial charge in [-0.2, -0.15) is 0 Å². The average Bonchev–Trinajstić information content (AvgIpc) is 2.47. The van der Waals surface area contributed by atoms with Crippen molar-refractivity contribution in [1.82, 2.24) is 0 Å². The molecule has 0 aliphatic rings. The summed E-state index contributed by atoms with van der Waals surface area (Å²) in [4.78, 5) is 23.5. The molecule has 5 nitrogen and oxygen atoms in total. The summed E-state index contributed by atoms with van der Waals surface area (Å²) in [6, 6.07) is 11.2. The number of carbonyl (C=O) groups excluding carboxylic acids is 1. The number of carbonyl (C=O) groups is 1. The van der Waals surface area contributed by atoms with Gasteiger partial charge in [-0.3, -0.25) is 14.9 Å². The molecule has 21 heavy (non-hydrogen) atoms. The molecule has 2 aromatic rings. The standard InChI is InChI=1S/C14H11ClN2O3S/c1-21-11-4-2-3-10(8-11)16-14(18)12-6-5-9(15)7-13(12)17(19)20/h2-8H,1H3,(H,16,18). The molecule has 108 valence electrons. The van der Waals surface area contributed by atoms with Crippen molar-refractivity contribution in [2.45, 2.75) is 4.90 Å². The molecule has 0 fully saturated rings. The predicted octanol–water partition coefficient (Wildman–Crippen LogP) is 4.22. The molecule has 2 aromatic carbocycles. The summed E-state index contributed by atoms with van der Waals surface area (Å²) in [7, 11) is 0. The number of hydrogen-bond acceptors (Lipinski definition) is 4. The number of halogens is 1. The molecular weight excluding hydrogens is 312 g/mol. The number of hydrogen-bond donors (Lipinski definition) is 1. The van der Waals surface area contributed by atoms with Crippen LogP contribution < -0.4 is 5.32 Å². The number of benzene rings is 2.